The van der Waals surface area contributed by atoms with Gasteiger partial charge in [-0.15, -0.1) is 0 Å². The molecule has 2 rings (SSSR count). The smallest absolute Gasteiger partial charge is 0.313 e. The van der Waals surface area contributed by atoms with Gasteiger partial charge in [-0.2, -0.15) is 0 Å². The molecule has 21 heavy (non-hydrogen) atoms. The maximum atomic E-state index is 12.1. The summed E-state index contributed by atoms with van der Waals surface area (Å²) in [5.74, 6) is -0.838. The molecular formula is C15H25NO4Si. The van der Waals surface area contributed by atoms with Gasteiger partial charge in [0, 0.05) is 12.6 Å². The summed E-state index contributed by atoms with van der Waals surface area (Å²) in [7, 11) is -0.768. The molecule has 1 saturated heterocycles. The molecule has 6 heteroatoms. The second-order valence-corrected chi connectivity index (χ2v) is 12.0. The van der Waals surface area contributed by atoms with Crippen LogP contribution in [0.3, 0.4) is 0 Å². The first-order valence-corrected chi connectivity index (χ1v) is 10.2. The second-order valence-electron chi connectivity index (χ2n) is 7.30. The van der Waals surface area contributed by atoms with Crippen molar-refractivity contribution in [2.45, 2.75) is 51.0 Å². The SMILES string of the molecule is COC(=O)[C@@H]1CCN2C(=O)C=C[C@]12O[Si](C)(C)C(C)(C)C. The Balaban J connectivity index is 2.41. The summed E-state index contributed by atoms with van der Waals surface area (Å²) in [5, 5.41) is -0.00381. The van der Waals surface area contributed by atoms with Crippen LogP contribution in [-0.4, -0.2) is 44.5 Å². The Hall–Kier alpha value is -1.14. The summed E-state index contributed by atoms with van der Waals surface area (Å²) < 4.78 is 11.5. The number of amides is 1. The van der Waals surface area contributed by atoms with E-state index in [0.717, 1.165) is 0 Å². The summed E-state index contributed by atoms with van der Waals surface area (Å²) in [6, 6.07) is 0. The zero-order valence-electron chi connectivity index (χ0n) is 13.7. The second kappa shape index (κ2) is 4.95. The standard InChI is InChI=1S/C15H25NO4Si/c1-14(2,3)21(5,6)20-15-9-7-12(17)16(15)10-8-11(15)13(18)19-4/h7,9,11H,8,10H2,1-6H3/t11-,15-/m0/s1. The summed E-state index contributed by atoms with van der Waals surface area (Å²) in [6.45, 7) is 11.2. The zero-order chi connectivity index (χ0) is 16.1. The van der Waals surface area contributed by atoms with E-state index in [2.05, 4.69) is 33.9 Å². The van der Waals surface area contributed by atoms with Gasteiger partial charge in [-0.25, -0.2) is 0 Å². The molecule has 0 N–H and O–H groups in total. The minimum Gasteiger partial charge on any atom is -0.469 e. The van der Waals surface area contributed by atoms with Crippen molar-refractivity contribution < 1.29 is 18.8 Å². The molecule has 0 aliphatic carbocycles. The summed E-state index contributed by atoms with van der Waals surface area (Å²) in [6.07, 6.45) is 3.85. The normalized spacial score (nSPS) is 29.0. The van der Waals surface area contributed by atoms with Gasteiger partial charge in [-0.3, -0.25) is 9.59 Å². The average Bonchev–Trinajstić information content (AvgIpc) is 2.85. The van der Waals surface area contributed by atoms with Crippen molar-refractivity contribution in [2.75, 3.05) is 13.7 Å². The largest absolute Gasteiger partial charge is 0.469 e. The molecule has 1 fully saturated rings. The van der Waals surface area contributed by atoms with Gasteiger partial charge in [-0.05, 0) is 30.6 Å². The average molecular weight is 311 g/mol. The predicted octanol–water partition coefficient (Wildman–Crippen LogP) is 2.30. The van der Waals surface area contributed by atoms with Crippen LogP contribution >= 0.6 is 0 Å². The van der Waals surface area contributed by atoms with Crippen LogP contribution in [0.5, 0.6) is 0 Å². The van der Waals surface area contributed by atoms with E-state index in [0.29, 0.717) is 13.0 Å². The van der Waals surface area contributed by atoms with E-state index in [4.69, 9.17) is 9.16 Å². The first-order chi connectivity index (χ1) is 9.55. The number of fused-ring (bicyclic) bond motifs is 1. The maximum absolute atomic E-state index is 12.1. The molecule has 0 aromatic heterocycles. The molecule has 0 saturated carbocycles. The van der Waals surface area contributed by atoms with Crippen LogP contribution in [0.25, 0.3) is 0 Å². The quantitative estimate of drug-likeness (QED) is 0.593. The number of esters is 1. The molecule has 2 heterocycles. The Bertz CT molecular complexity index is 494. The van der Waals surface area contributed by atoms with E-state index < -0.39 is 20.0 Å². The van der Waals surface area contributed by atoms with Crippen molar-refractivity contribution in [1.82, 2.24) is 4.90 Å². The van der Waals surface area contributed by atoms with Crippen molar-refractivity contribution in [3.63, 3.8) is 0 Å². The van der Waals surface area contributed by atoms with Crippen LogP contribution in [-0.2, 0) is 18.8 Å². The van der Waals surface area contributed by atoms with Crippen molar-refractivity contribution in [1.29, 1.82) is 0 Å². The fourth-order valence-corrected chi connectivity index (χ4v) is 4.19. The highest BCUT2D eigenvalue weighted by Crippen LogP contribution is 2.47. The first-order valence-electron chi connectivity index (χ1n) is 7.34. The number of hydrogen-bond acceptors (Lipinski definition) is 4. The lowest BCUT2D eigenvalue weighted by atomic mass is 9.97. The molecule has 2 aliphatic heterocycles. The monoisotopic (exact) mass is 311 g/mol. The third-order valence-electron chi connectivity index (χ3n) is 5.00. The lowest BCUT2D eigenvalue weighted by molar-refractivity contribution is -0.157. The zero-order valence-corrected chi connectivity index (χ0v) is 14.7. The lowest BCUT2D eigenvalue weighted by Crippen LogP contribution is -2.57. The van der Waals surface area contributed by atoms with E-state index >= 15 is 0 Å². The topological polar surface area (TPSA) is 55.8 Å². The van der Waals surface area contributed by atoms with E-state index in [-0.39, 0.29) is 16.9 Å². The molecule has 0 aromatic rings. The van der Waals surface area contributed by atoms with Gasteiger partial charge in [0.2, 0.25) is 5.91 Å². The number of rotatable bonds is 3. The van der Waals surface area contributed by atoms with Crippen LogP contribution in [0, 0.1) is 5.92 Å². The summed E-state index contributed by atoms with van der Waals surface area (Å²) >= 11 is 0. The molecule has 0 radical (unpaired) electrons. The van der Waals surface area contributed by atoms with Crippen molar-refractivity contribution in [3.05, 3.63) is 12.2 Å². The van der Waals surface area contributed by atoms with Gasteiger partial charge in [0.15, 0.2) is 14.0 Å². The first kappa shape index (κ1) is 16.2. The van der Waals surface area contributed by atoms with Crippen molar-refractivity contribution >= 4 is 20.2 Å². The molecule has 0 bridgehead atoms. The van der Waals surface area contributed by atoms with E-state index in [1.54, 1.807) is 11.0 Å². The number of carbonyl (C=O) groups is 2. The van der Waals surface area contributed by atoms with Crippen LogP contribution in [0.15, 0.2) is 12.2 Å². The van der Waals surface area contributed by atoms with Crippen molar-refractivity contribution in [2.24, 2.45) is 5.92 Å². The molecule has 0 spiro atoms. The van der Waals surface area contributed by atoms with E-state index in [9.17, 15) is 9.59 Å². The minimum absolute atomic E-state index is 0.00381. The van der Waals surface area contributed by atoms with Gasteiger partial charge in [0.25, 0.3) is 0 Å². The van der Waals surface area contributed by atoms with Crippen LogP contribution < -0.4 is 0 Å². The number of hydrogen-bond donors (Lipinski definition) is 0. The Morgan fingerprint density at radius 1 is 1.43 bits per heavy atom. The number of methoxy groups -OCH3 is 1. The molecule has 0 unspecified atom stereocenters. The molecule has 118 valence electrons. The van der Waals surface area contributed by atoms with Crippen molar-refractivity contribution in [3.8, 4) is 0 Å². The molecular weight excluding hydrogens is 286 g/mol. The molecule has 5 nitrogen and oxygen atoms in total. The third-order valence-corrected chi connectivity index (χ3v) is 9.45. The predicted molar refractivity (Wildman–Crippen MR) is 82.0 cm³/mol. The number of carbonyl (C=O) groups excluding carboxylic acids is 2. The van der Waals surface area contributed by atoms with Crippen LogP contribution in [0.1, 0.15) is 27.2 Å². The molecule has 2 aliphatic rings. The van der Waals surface area contributed by atoms with Crippen LogP contribution in [0.2, 0.25) is 18.1 Å². The summed E-state index contributed by atoms with van der Waals surface area (Å²) in [4.78, 5) is 25.9. The van der Waals surface area contributed by atoms with Gasteiger partial charge in [0.05, 0.1) is 7.11 Å². The number of nitrogens with zero attached hydrogens (tertiary/aromatic N) is 1. The Morgan fingerprint density at radius 3 is 2.57 bits per heavy atom. The fourth-order valence-electron chi connectivity index (χ4n) is 2.75. The van der Waals surface area contributed by atoms with Gasteiger partial charge < -0.3 is 14.1 Å². The Labute approximate surface area is 127 Å². The highest BCUT2D eigenvalue weighted by molar-refractivity contribution is 6.74. The van der Waals surface area contributed by atoms with Gasteiger partial charge in [-0.1, -0.05) is 20.8 Å². The highest BCUT2D eigenvalue weighted by atomic mass is 28.4. The highest BCUT2D eigenvalue weighted by Gasteiger charge is 2.59. The molecule has 2 atom stereocenters. The Kier molecular flexibility index (Phi) is 3.83. The molecule has 1 amide bonds. The van der Waals surface area contributed by atoms with Crippen LogP contribution in [0.4, 0.5) is 0 Å². The van der Waals surface area contributed by atoms with E-state index in [1.807, 2.05) is 0 Å². The Morgan fingerprint density at radius 2 is 2.05 bits per heavy atom. The fraction of sp³-hybridized carbons (Fsp3) is 0.733. The number of ether oxygens (including phenoxy) is 1. The van der Waals surface area contributed by atoms with Gasteiger partial charge >= 0.3 is 5.97 Å². The third kappa shape index (κ3) is 2.44. The summed E-state index contributed by atoms with van der Waals surface area (Å²) in [5.41, 5.74) is -0.951. The van der Waals surface area contributed by atoms with E-state index in [1.165, 1.54) is 13.2 Å². The minimum atomic E-state index is -2.15. The lowest BCUT2D eigenvalue weighted by Gasteiger charge is -2.46. The van der Waals surface area contributed by atoms with Gasteiger partial charge in [0.1, 0.15) is 5.92 Å². The maximum Gasteiger partial charge on any atom is 0.313 e. The molecule has 0 aromatic carbocycles.